The number of carbonyl (C=O) groups excluding carboxylic acids is 2. The van der Waals surface area contributed by atoms with Crippen molar-refractivity contribution in [1.82, 2.24) is 0 Å². The van der Waals surface area contributed by atoms with Crippen molar-refractivity contribution in [3.05, 3.63) is 21.9 Å². The van der Waals surface area contributed by atoms with E-state index in [2.05, 4.69) is 0 Å². The van der Waals surface area contributed by atoms with E-state index in [1.54, 1.807) is 0 Å². The van der Waals surface area contributed by atoms with Gasteiger partial charge in [0.2, 0.25) is 0 Å². The Morgan fingerprint density at radius 3 is 2.46 bits per heavy atom. The molecule has 1 rings (SSSR count). The van der Waals surface area contributed by atoms with Gasteiger partial charge in [0.05, 0.1) is 4.88 Å². The van der Waals surface area contributed by atoms with E-state index in [1.165, 1.54) is 0 Å². The molecular formula is C7H3F3O2S. The molecule has 2 nitrogen and oxygen atoms in total. The van der Waals surface area contributed by atoms with Crippen molar-refractivity contribution in [1.29, 1.82) is 0 Å². The number of rotatable bonds is 2. The Morgan fingerprint density at radius 2 is 2.08 bits per heavy atom. The quantitative estimate of drug-likeness (QED) is 0.552. The summed E-state index contributed by atoms with van der Waals surface area (Å²) < 4.78 is 35.4. The summed E-state index contributed by atoms with van der Waals surface area (Å²) >= 11 is 0.805. The average Bonchev–Trinajstić information content (AvgIpc) is 2.48. The van der Waals surface area contributed by atoms with E-state index in [1.807, 2.05) is 0 Å². The van der Waals surface area contributed by atoms with Crippen molar-refractivity contribution in [3.8, 4) is 0 Å². The summed E-state index contributed by atoms with van der Waals surface area (Å²) in [7, 11) is 0. The number of hydrogen-bond acceptors (Lipinski definition) is 3. The maximum absolute atomic E-state index is 11.8. The van der Waals surface area contributed by atoms with Gasteiger partial charge in [0, 0.05) is 10.9 Å². The standard InChI is InChI=1S/C7H3F3O2S/c8-7(9,10)6(12)4-1-5(2-11)13-3-4/h1-3H. The highest BCUT2D eigenvalue weighted by atomic mass is 32.1. The maximum Gasteiger partial charge on any atom is 0.454 e. The molecule has 70 valence electrons. The molecule has 0 amide bonds. The minimum absolute atomic E-state index is 0.104. The third kappa shape index (κ3) is 2.15. The van der Waals surface area contributed by atoms with Crippen LogP contribution in [0, 0.1) is 0 Å². The lowest BCUT2D eigenvalue weighted by Crippen LogP contribution is -2.21. The fourth-order valence-electron chi connectivity index (χ4n) is 0.697. The van der Waals surface area contributed by atoms with Gasteiger partial charge < -0.3 is 0 Å². The molecule has 1 heterocycles. The lowest BCUT2D eigenvalue weighted by Gasteiger charge is -2.01. The monoisotopic (exact) mass is 208 g/mol. The Balaban J connectivity index is 2.96. The van der Waals surface area contributed by atoms with Crippen LogP contribution in [-0.4, -0.2) is 18.2 Å². The van der Waals surface area contributed by atoms with Gasteiger partial charge in [-0.1, -0.05) is 0 Å². The number of ketones is 1. The van der Waals surface area contributed by atoms with Gasteiger partial charge in [-0.3, -0.25) is 9.59 Å². The number of Topliss-reactive ketones (excluding diaryl/α,β-unsaturated/α-hetero) is 1. The van der Waals surface area contributed by atoms with Crippen LogP contribution in [0.4, 0.5) is 13.2 Å². The van der Waals surface area contributed by atoms with Crippen molar-refractivity contribution >= 4 is 23.4 Å². The first kappa shape index (κ1) is 9.91. The van der Waals surface area contributed by atoms with E-state index in [0.717, 1.165) is 22.8 Å². The Labute approximate surface area is 75.0 Å². The number of halogens is 3. The second-order valence-electron chi connectivity index (χ2n) is 2.18. The van der Waals surface area contributed by atoms with Gasteiger partial charge in [-0.2, -0.15) is 13.2 Å². The van der Waals surface area contributed by atoms with Crippen LogP contribution in [0.5, 0.6) is 0 Å². The highest BCUT2D eigenvalue weighted by Gasteiger charge is 2.39. The topological polar surface area (TPSA) is 34.1 Å². The number of alkyl halides is 3. The minimum Gasteiger partial charge on any atom is -0.297 e. The van der Waals surface area contributed by atoms with Gasteiger partial charge in [0.25, 0.3) is 5.78 Å². The van der Waals surface area contributed by atoms with E-state index in [-0.39, 0.29) is 4.88 Å². The zero-order valence-corrected chi connectivity index (χ0v) is 6.91. The normalized spacial score (nSPS) is 11.3. The molecule has 0 atom stereocenters. The van der Waals surface area contributed by atoms with Gasteiger partial charge in [0.1, 0.15) is 0 Å². The first-order valence-corrected chi connectivity index (χ1v) is 3.98. The van der Waals surface area contributed by atoms with Crippen LogP contribution >= 0.6 is 11.3 Å². The molecule has 0 aliphatic heterocycles. The van der Waals surface area contributed by atoms with Gasteiger partial charge in [-0.05, 0) is 6.07 Å². The van der Waals surface area contributed by atoms with Crippen LogP contribution in [0.2, 0.25) is 0 Å². The predicted octanol–water partition coefficient (Wildman–Crippen LogP) is 2.31. The second-order valence-corrected chi connectivity index (χ2v) is 3.13. The Hall–Kier alpha value is -1.17. The molecule has 6 heteroatoms. The number of aldehydes is 1. The molecule has 0 aliphatic carbocycles. The van der Waals surface area contributed by atoms with Crippen LogP contribution in [0.15, 0.2) is 11.4 Å². The number of hydrogen-bond donors (Lipinski definition) is 0. The molecule has 0 radical (unpaired) electrons. The smallest absolute Gasteiger partial charge is 0.297 e. The Kier molecular flexibility index (Phi) is 2.51. The van der Waals surface area contributed by atoms with Crippen LogP contribution in [0.1, 0.15) is 20.0 Å². The van der Waals surface area contributed by atoms with E-state index in [4.69, 9.17) is 0 Å². The largest absolute Gasteiger partial charge is 0.454 e. The Bertz CT molecular complexity index is 340. The Morgan fingerprint density at radius 1 is 1.46 bits per heavy atom. The molecule has 1 aromatic heterocycles. The third-order valence-electron chi connectivity index (χ3n) is 1.26. The van der Waals surface area contributed by atoms with Crippen molar-refractivity contribution < 1.29 is 22.8 Å². The molecule has 0 bridgehead atoms. The van der Waals surface area contributed by atoms with Gasteiger partial charge >= 0.3 is 6.18 Å². The summed E-state index contributed by atoms with van der Waals surface area (Å²) in [6.45, 7) is 0. The molecule has 0 unspecified atom stereocenters. The molecule has 0 saturated heterocycles. The van der Waals surface area contributed by atoms with Gasteiger partial charge in [0.15, 0.2) is 6.29 Å². The molecule has 0 fully saturated rings. The lowest BCUT2D eigenvalue weighted by atomic mass is 10.2. The first-order valence-electron chi connectivity index (χ1n) is 3.10. The second kappa shape index (κ2) is 3.29. The molecule has 13 heavy (non-hydrogen) atoms. The van der Waals surface area contributed by atoms with Crippen molar-refractivity contribution in [2.45, 2.75) is 6.18 Å². The molecule has 1 aromatic rings. The zero-order chi connectivity index (χ0) is 10.1. The van der Waals surface area contributed by atoms with Crippen LogP contribution in [-0.2, 0) is 0 Å². The summed E-state index contributed by atoms with van der Waals surface area (Å²) in [5.74, 6) is -1.92. The van der Waals surface area contributed by atoms with E-state index < -0.39 is 17.5 Å². The fraction of sp³-hybridized carbons (Fsp3) is 0.143. The van der Waals surface area contributed by atoms with Crippen LogP contribution < -0.4 is 0 Å². The maximum atomic E-state index is 11.8. The van der Waals surface area contributed by atoms with Gasteiger partial charge in [-0.25, -0.2) is 0 Å². The fourth-order valence-corrected chi connectivity index (χ4v) is 1.39. The highest BCUT2D eigenvalue weighted by molar-refractivity contribution is 7.12. The molecule has 0 aromatic carbocycles. The van der Waals surface area contributed by atoms with Crippen molar-refractivity contribution in [2.75, 3.05) is 0 Å². The molecule has 0 spiro atoms. The highest BCUT2D eigenvalue weighted by Crippen LogP contribution is 2.24. The summed E-state index contributed by atoms with van der Waals surface area (Å²) in [6.07, 6.45) is -4.47. The summed E-state index contributed by atoms with van der Waals surface area (Å²) in [5, 5.41) is 1.01. The van der Waals surface area contributed by atoms with E-state index in [0.29, 0.717) is 6.29 Å². The van der Waals surface area contributed by atoms with Crippen molar-refractivity contribution in [3.63, 3.8) is 0 Å². The summed E-state index contributed by atoms with van der Waals surface area (Å²) in [4.78, 5) is 20.8. The van der Waals surface area contributed by atoms with Crippen molar-refractivity contribution in [2.24, 2.45) is 0 Å². The average molecular weight is 208 g/mol. The third-order valence-corrected chi connectivity index (χ3v) is 2.11. The zero-order valence-electron chi connectivity index (χ0n) is 6.09. The van der Waals surface area contributed by atoms with Crippen LogP contribution in [0.3, 0.4) is 0 Å². The van der Waals surface area contributed by atoms with Crippen LogP contribution in [0.25, 0.3) is 0 Å². The summed E-state index contributed by atoms with van der Waals surface area (Å²) in [6, 6.07) is 0.924. The first-order chi connectivity index (χ1) is 5.95. The molecule has 0 saturated carbocycles. The number of thiophene rings is 1. The molecular weight excluding hydrogens is 205 g/mol. The SMILES string of the molecule is O=Cc1cc(C(=O)C(F)(F)F)cs1. The number of carbonyl (C=O) groups is 2. The molecule has 0 N–H and O–H groups in total. The lowest BCUT2D eigenvalue weighted by molar-refractivity contribution is -0.0884. The van der Waals surface area contributed by atoms with Gasteiger partial charge in [-0.15, -0.1) is 11.3 Å². The predicted molar refractivity (Wildman–Crippen MR) is 40.1 cm³/mol. The minimum atomic E-state index is -4.87. The summed E-state index contributed by atoms with van der Waals surface area (Å²) in [5.41, 5.74) is -0.486. The van der Waals surface area contributed by atoms with E-state index in [9.17, 15) is 22.8 Å². The molecule has 0 aliphatic rings. The van der Waals surface area contributed by atoms with E-state index >= 15 is 0 Å².